The summed E-state index contributed by atoms with van der Waals surface area (Å²) in [6.07, 6.45) is 4.94. The van der Waals surface area contributed by atoms with Gasteiger partial charge in [0.05, 0.1) is 5.60 Å². The van der Waals surface area contributed by atoms with Crippen LogP contribution in [0.1, 0.15) is 46.5 Å². The van der Waals surface area contributed by atoms with Gasteiger partial charge in [-0.05, 0) is 56.4 Å². The van der Waals surface area contributed by atoms with Gasteiger partial charge in [0.1, 0.15) is 0 Å². The predicted molar refractivity (Wildman–Crippen MR) is 73.4 cm³/mol. The normalized spacial score (nSPS) is 50.0. The van der Waals surface area contributed by atoms with Gasteiger partial charge in [-0.15, -0.1) is 0 Å². The zero-order chi connectivity index (χ0) is 13.0. The standard InChI is InChI=1S/C15H28N2O/c1-14(2)10-7-12(14)15(3,18)13(8-10)17-9-11-5-4-6-16-11/h10-13,16-18H,4-9H2,1-3H3/t10-,11-,12-,13+,15-/m0/s1. The highest BCUT2D eigenvalue weighted by Crippen LogP contribution is 2.62. The highest BCUT2D eigenvalue weighted by Gasteiger charge is 2.62. The maximum Gasteiger partial charge on any atom is 0.0805 e. The molecule has 0 spiro atoms. The fourth-order valence-corrected chi connectivity index (χ4v) is 4.68. The van der Waals surface area contributed by atoms with Gasteiger partial charge in [0.25, 0.3) is 0 Å². The molecule has 0 unspecified atom stereocenters. The zero-order valence-electron chi connectivity index (χ0n) is 12.0. The van der Waals surface area contributed by atoms with Crippen molar-refractivity contribution in [1.29, 1.82) is 0 Å². The smallest absolute Gasteiger partial charge is 0.0805 e. The molecule has 0 amide bonds. The molecule has 1 saturated heterocycles. The van der Waals surface area contributed by atoms with Crippen molar-refractivity contribution >= 4 is 0 Å². The minimum Gasteiger partial charge on any atom is -0.388 e. The van der Waals surface area contributed by atoms with Crippen LogP contribution in [0, 0.1) is 17.3 Å². The summed E-state index contributed by atoms with van der Waals surface area (Å²) in [5, 5.41) is 18.0. The summed E-state index contributed by atoms with van der Waals surface area (Å²) < 4.78 is 0. The molecule has 0 radical (unpaired) electrons. The summed E-state index contributed by atoms with van der Waals surface area (Å²) in [6.45, 7) is 8.88. The lowest BCUT2D eigenvalue weighted by Crippen LogP contribution is -2.70. The van der Waals surface area contributed by atoms with Gasteiger partial charge in [-0.1, -0.05) is 13.8 Å². The number of nitrogens with one attached hydrogen (secondary N) is 2. The second kappa shape index (κ2) is 4.19. The number of aliphatic hydroxyl groups is 1. The molecule has 18 heavy (non-hydrogen) atoms. The lowest BCUT2D eigenvalue weighted by atomic mass is 9.43. The highest BCUT2D eigenvalue weighted by atomic mass is 16.3. The average Bonchev–Trinajstić information content (AvgIpc) is 2.78. The second-order valence-corrected chi connectivity index (χ2v) is 7.52. The van der Waals surface area contributed by atoms with Gasteiger partial charge in [-0.25, -0.2) is 0 Å². The average molecular weight is 252 g/mol. The van der Waals surface area contributed by atoms with Gasteiger partial charge in [-0.3, -0.25) is 0 Å². The Balaban J connectivity index is 1.60. The maximum atomic E-state index is 10.9. The first kappa shape index (κ1) is 12.9. The Morgan fingerprint density at radius 1 is 1.28 bits per heavy atom. The third kappa shape index (κ3) is 1.83. The van der Waals surface area contributed by atoms with E-state index in [-0.39, 0.29) is 6.04 Å². The quantitative estimate of drug-likeness (QED) is 0.713. The van der Waals surface area contributed by atoms with Crippen LogP contribution in [-0.4, -0.2) is 35.9 Å². The largest absolute Gasteiger partial charge is 0.388 e. The molecule has 3 heteroatoms. The van der Waals surface area contributed by atoms with Crippen molar-refractivity contribution in [2.75, 3.05) is 13.1 Å². The Labute approximate surface area is 111 Å². The van der Waals surface area contributed by atoms with E-state index in [0.717, 1.165) is 25.4 Å². The molecular formula is C15H28N2O. The second-order valence-electron chi connectivity index (χ2n) is 7.52. The van der Waals surface area contributed by atoms with E-state index in [0.29, 0.717) is 17.4 Å². The summed E-state index contributed by atoms with van der Waals surface area (Å²) in [5.74, 6) is 1.27. The summed E-state index contributed by atoms with van der Waals surface area (Å²) in [5.41, 5.74) is -0.190. The van der Waals surface area contributed by atoms with Gasteiger partial charge in [0.2, 0.25) is 0 Å². The van der Waals surface area contributed by atoms with E-state index in [4.69, 9.17) is 0 Å². The molecule has 0 aromatic heterocycles. The van der Waals surface area contributed by atoms with Gasteiger partial charge < -0.3 is 15.7 Å². The molecule has 2 bridgehead atoms. The van der Waals surface area contributed by atoms with Crippen LogP contribution in [0.15, 0.2) is 0 Å². The molecule has 0 aromatic carbocycles. The fraction of sp³-hybridized carbons (Fsp3) is 1.00. The van der Waals surface area contributed by atoms with Gasteiger partial charge in [0, 0.05) is 18.6 Å². The first-order valence-electron chi connectivity index (χ1n) is 7.61. The minimum atomic E-state index is -0.531. The van der Waals surface area contributed by atoms with E-state index in [1.807, 2.05) is 0 Å². The van der Waals surface area contributed by atoms with Crippen LogP contribution in [0.3, 0.4) is 0 Å². The number of rotatable bonds is 3. The summed E-state index contributed by atoms with van der Waals surface area (Å²) >= 11 is 0. The Hall–Kier alpha value is -0.120. The van der Waals surface area contributed by atoms with Crippen molar-refractivity contribution in [3.05, 3.63) is 0 Å². The van der Waals surface area contributed by atoms with Crippen LogP contribution in [-0.2, 0) is 0 Å². The molecule has 3 aliphatic carbocycles. The van der Waals surface area contributed by atoms with E-state index >= 15 is 0 Å². The zero-order valence-corrected chi connectivity index (χ0v) is 12.0. The van der Waals surface area contributed by atoms with Crippen LogP contribution in [0.4, 0.5) is 0 Å². The summed E-state index contributed by atoms with van der Waals surface area (Å²) in [4.78, 5) is 0. The molecule has 1 aliphatic heterocycles. The van der Waals surface area contributed by atoms with Crippen LogP contribution in [0.25, 0.3) is 0 Å². The number of hydrogen-bond donors (Lipinski definition) is 3. The van der Waals surface area contributed by atoms with E-state index in [9.17, 15) is 5.11 Å². The first-order chi connectivity index (χ1) is 8.42. The van der Waals surface area contributed by atoms with Crippen LogP contribution in [0.2, 0.25) is 0 Å². The molecule has 3 N–H and O–H groups in total. The molecule has 104 valence electrons. The van der Waals surface area contributed by atoms with E-state index in [1.165, 1.54) is 19.3 Å². The third-order valence-corrected chi connectivity index (χ3v) is 6.17. The molecular weight excluding hydrogens is 224 g/mol. The van der Waals surface area contributed by atoms with E-state index < -0.39 is 5.60 Å². The molecule has 3 saturated carbocycles. The van der Waals surface area contributed by atoms with E-state index in [1.54, 1.807) is 0 Å². The fourth-order valence-electron chi connectivity index (χ4n) is 4.68. The molecule has 4 rings (SSSR count). The van der Waals surface area contributed by atoms with E-state index in [2.05, 4.69) is 31.4 Å². The lowest BCUT2D eigenvalue weighted by molar-refractivity contribution is -0.209. The molecule has 3 nitrogen and oxygen atoms in total. The Bertz CT molecular complexity index is 320. The minimum absolute atomic E-state index is 0.289. The predicted octanol–water partition coefficient (Wildman–Crippen LogP) is 1.51. The topological polar surface area (TPSA) is 44.3 Å². The van der Waals surface area contributed by atoms with Crippen LogP contribution in [0.5, 0.6) is 0 Å². The SMILES string of the molecule is CC1(C)[C@@H]2C[C@@H](NC[C@@H]3CCCN3)[C@@](C)(O)[C@H]1C2. The van der Waals surface area contributed by atoms with Gasteiger partial charge in [-0.2, -0.15) is 0 Å². The van der Waals surface area contributed by atoms with Crippen molar-refractivity contribution in [2.24, 2.45) is 17.3 Å². The summed E-state index contributed by atoms with van der Waals surface area (Å²) in [6, 6.07) is 0.906. The Morgan fingerprint density at radius 3 is 2.61 bits per heavy atom. The molecule has 4 aliphatic rings. The van der Waals surface area contributed by atoms with Gasteiger partial charge in [0.15, 0.2) is 0 Å². The molecule has 5 atom stereocenters. The molecule has 0 aromatic rings. The van der Waals surface area contributed by atoms with Crippen molar-refractivity contribution in [1.82, 2.24) is 10.6 Å². The molecule has 4 fully saturated rings. The van der Waals surface area contributed by atoms with Crippen LogP contribution < -0.4 is 10.6 Å². The van der Waals surface area contributed by atoms with Crippen molar-refractivity contribution < 1.29 is 5.11 Å². The first-order valence-corrected chi connectivity index (χ1v) is 7.61. The number of fused-ring (bicyclic) bond motifs is 2. The lowest BCUT2D eigenvalue weighted by Gasteiger charge is -2.65. The highest BCUT2D eigenvalue weighted by molar-refractivity contribution is 5.14. The van der Waals surface area contributed by atoms with Crippen LogP contribution >= 0.6 is 0 Å². The Morgan fingerprint density at radius 2 is 2.06 bits per heavy atom. The van der Waals surface area contributed by atoms with Crippen molar-refractivity contribution in [3.8, 4) is 0 Å². The van der Waals surface area contributed by atoms with Crippen molar-refractivity contribution in [2.45, 2.75) is 64.1 Å². The van der Waals surface area contributed by atoms with Gasteiger partial charge >= 0.3 is 0 Å². The number of hydrogen-bond acceptors (Lipinski definition) is 3. The monoisotopic (exact) mass is 252 g/mol. The maximum absolute atomic E-state index is 10.9. The molecule has 1 heterocycles. The summed E-state index contributed by atoms with van der Waals surface area (Å²) in [7, 11) is 0. The van der Waals surface area contributed by atoms with Crippen molar-refractivity contribution in [3.63, 3.8) is 0 Å². The third-order valence-electron chi connectivity index (χ3n) is 6.17. The Kier molecular flexibility index (Phi) is 3.00.